The van der Waals surface area contributed by atoms with E-state index in [2.05, 4.69) is 48.1 Å². The molecular weight excluding hydrogens is 298 g/mol. The van der Waals surface area contributed by atoms with Crippen LogP contribution in [0.1, 0.15) is 45.6 Å². The predicted octanol–water partition coefficient (Wildman–Crippen LogP) is 5.16. The van der Waals surface area contributed by atoms with Crippen LogP contribution in [0.2, 0.25) is 5.02 Å². The lowest BCUT2D eigenvalue weighted by molar-refractivity contribution is 0.288. The summed E-state index contributed by atoms with van der Waals surface area (Å²) < 4.78 is 1.08. The Morgan fingerprint density at radius 2 is 1.76 bits per heavy atom. The largest absolute Gasteiger partial charge is 0.307 e. The lowest BCUT2D eigenvalue weighted by Crippen LogP contribution is -2.43. The van der Waals surface area contributed by atoms with Crippen molar-refractivity contribution < 1.29 is 0 Å². The number of benzene rings is 1. The average molecular weight is 319 g/mol. The van der Waals surface area contributed by atoms with E-state index < -0.39 is 0 Å². The van der Waals surface area contributed by atoms with E-state index in [1.165, 1.54) is 5.56 Å². The molecule has 96 valence electrons. The highest BCUT2D eigenvalue weighted by Crippen LogP contribution is 2.24. The van der Waals surface area contributed by atoms with Crippen LogP contribution in [0.4, 0.5) is 0 Å². The summed E-state index contributed by atoms with van der Waals surface area (Å²) in [5.41, 5.74) is 1.52. The van der Waals surface area contributed by atoms with Gasteiger partial charge in [-0.15, -0.1) is 0 Å². The van der Waals surface area contributed by atoms with Crippen LogP contribution in [-0.2, 0) is 6.54 Å². The van der Waals surface area contributed by atoms with Gasteiger partial charge in [0, 0.05) is 21.6 Å². The third kappa shape index (κ3) is 3.97. The van der Waals surface area contributed by atoms with Crippen LogP contribution in [0.5, 0.6) is 0 Å². The molecule has 0 aliphatic carbocycles. The highest BCUT2D eigenvalue weighted by atomic mass is 79.9. The average Bonchev–Trinajstić information content (AvgIpc) is 2.33. The monoisotopic (exact) mass is 317 g/mol. The summed E-state index contributed by atoms with van der Waals surface area (Å²) in [5.74, 6) is 0. The first-order valence-corrected chi connectivity index (χ1v) is 7.43. The molecule has 0 spiro atoms. The minimum Gasteiger partial charge on any atom is -0.307 e. The van der Waals surface area contributed by atoms with Gasteiger partial charge in [-0.2, -0.15) is 0 Å². The topological polar surface area (TPSA) is 12.0 Å². The minimum atomic E-state index is 0.263. The van der Waals surface area contributed by atoms with E-state index in [1.54, 1.807) is 0 Å². The Morgan fingerprint density at radius 3 is 2.24 bits per heavy atom. The fraction of sp³-hybridized carbons (Fsp3) is 0.571. The molecule has 1 N–H and O–H groups in total. The Balaban J connectivity index is 2.72. The van der Waals surface area contributed by atoms with Gasteiger partial charge in [0.15, 0.2) is 0 Å². The molecule has 1 aromatic carbocycles. The fourth-order valence-corrected chi connectivity index (χ4v) is 2.90. The molecule has 0 saturated heterocycles. The molecule has 0 radical (unpaired) electrons. The van der Waals surface area contributed by atoms with Crippen molar-refractivity contribution in [2.45, 2.75) is 52.1 Å². The molecule has 1 rings (SSSR count). The predicted molar refractivity (Wildman–Crippen MR) is 79.6 cm³/mol. The molecule has 0 bridgehead atoms. The van der Waals surface area contributed by atoms with Crippen LogP contribution in [0, 0.1) is 0 Å². The molecule has 1 nitrogen and oxygen atoms in total. The van der Waals surface area contributed by atoms with E-state index in [9.17, 15) is 0 Å². The molecule has 0 heterocycles. The van der Waals surface area contributed by atoms with Crippen LogP contribution < -0.4 is 5.32 Å². The van der Waals surface area contributed by atoms with Crippen molar-refractivity contribution in [1.29, 1.82) is 0 Å². The number of hydrogen-bond acceptors (Lipinski definition) is 1. The van der Waals surface area contributed by atoms with Crippen molar-refractivity contribution in [2.24, 2.45) is 0 Å². The van der Waals surface area contributed by atoms with Crippen molar-refractivity contribution >= 4 is 27.5 Å². The Morgan fingerprint density at radius 1 is 1.18 bits per heavy atom. The number of rotatable bonds is 6. The second-order valence-electron chi connectivity index (χ2n) is 4.43. The summed E-state index contributed by atoms with van der Waals surface area (Å²) in [4.78, 5) is 0. The van der Waals surface area contributed by atoms with Gasteiger partial charge < -0.3 is 5.32 Å². The van der Waals surface area contributed by atoms with Crippen molar-refractivity contribution in [2.75, 3.05) is 0 Å². The van der Waals surface area contributed by atoms with Gasteiger partial charge in [-0.05, 0) is 37.0 Å². The molecule has 3 heteroatoms. The molecule has 0 saturated carbocycles. The molecule has 0 amide bonds. The Kier molecular flexibility index (Phi) is 5.98. The van der Waals surface area contributed by atoms with Gasteiger partial charge in [-0.25, -0.2) is 0 Å². The van der Waals surface area contributed by atoms with Gasteiger partial charge in [0.25, 0.3) is 0 Å². The van der Waals surface area contributed by atoms with Gasteiger partial charge in [0.1, 0.15) is 0 Å². The van der Waals surface area contributed by atoms with Crippen LogP contribution in [0.25, 0.3) is 0 Å². The van der Waals surface area contributed by atoms with Crippen molar-refractivity contribution in [3.8, 4) is 0 Å². The van der Waals surface area contributed by atoms with E-state index in [0.29, 0.717) is 0 Å². The molecule has 0 aromatic heterocycles. The standard InChI is InChI=1S/C14H21BrClN/c1-4-14(5-2,6-3)17-10-11-7-8-12(16)9-13(11)15/h7-9,17H,4-6,10H2,1-3H3. The number of hydrogen-bond donors (Lipinski definition) is 1. The number of halogens is 2. The van der Waals surface area contributed by atoms with Gasteiger partial charge >= 0.3 is 0 Å². The first kappa shape index (κ1) is 15.0. The van der Waals surface area contributed by atoms with Gasteiger partial charge in [0.05, 0.1) is 0 Å². The smallest absolute Gasteiger partial charge is 0.0417 e. The van der Waals surface area contributed by atoms with Crippen LogP contribution in [0.15, 0.2) is 22.7 Å². The third-order valence-corrected chi connectivity index (χ3v) is 4.67. The zero-order valence-electron chi connectivity index (χ0n) is 10.8. The second kappa shape index (κ2) is 6.77. The maximum atomic E-state index is 5.94. The molecule has 1 aromatic rings. The highest BCUT2D eigenvalue weighted by molar-refractivity contribution is 9.10. The maximum Gasteiger partial charge on any atom is 0.0417 e. The minimum absolute atomic E-state index is 0.263. The highest BCUT2D eigenvalue weighted by Gasteiger charge is 2.22. The van der Waals surface area contributed by atoms with Gasteiger partial charge in [-0.1, -0.05) is 54.4 Å². The summed E-state index contributed by atoms with van der Waals surface area (Å²) in [6.45, 7) is 7.62. The first-order chi connectivity index (χ1) is 8.06. The van der Waals surface area contributed by atoms with Crippen molar-refractivity contribution in [3.63, 3.8) is 0 Å². The van der Waals surface area contributed by atoms with E-state index in [0.717, 1.165) is 35.3 Å². The van der Waals surface area contributed by atoms with Gasteiger partial charge in [-0.3, -0.25) is 0 Å². The lowest BCUT2D eigenvalue weighted by atomic mass is 9.89. The quantitative estimate of drug-likeness (QED) is 0.764. The fourth-order valence-electron chi connectivity index (χ4n) is 2.07. The van der Waals surface area contributed by atoms with Gasteiger partial charge in [0.2, 0.25) is 0 Å². The Bertz CT molecular complexity index is 353. The molecular formula is C14H21BrClN. The van der Waals surface area contributed by atoms with E-state index >= 15 is 0 Å². The van der Waals surface area contributed by atoms with E-state index in [4.69, 9.17) is 11.6 Å². The molecule has 17 heavy (non-hydrogen) atoms. The summed E-state index contributed by atoms with van der Waals surface area (Å²) >= 11 is 9.49. The molecule has 0 aliphatic rings. The lowest BCUT2D eigenvalue weighted by Gasteiger charge is -2.32. The normalized spacial score (nSPS) is 11.8. The van der Waals surface area contributed by atoms with Crippen LogP contribution >= 0.6 is 27.5 Å². The van der Waals surface area contributed by atoms with E-state index in [-0.39, 0.29) is 5.54 Å². The maximum absolute atomic E-state index is 5.94. The SMILES string of the molecule is CCC(CC)(CC)NCc1ccc(Cl)cc1Br. The summed E-state index contributed by atoms with van der Waals surface area (Å²) in [6.07, 6.45) is 3.47. The zero-order valence-corrected chi connectivity index (χ0v) is 13.2. The summed E-state index contributed by atoms with van der Waals surface area (Å²) in [5, 5.41) is 4.46. The second-order valence-corrected chi connectivity index (χ2v) is 5.72. The number of nitrogens with one attached hydrogen (secondary N) is 1. The summed E-state index contributed by atoms with van der Waals surface area (Å²) in [6, 6.07) is 5.96. The molecule has 0 atom stereocenters. The van der Waals surface area contributed by atoms with Crippen molar-refractivity contribution in [3.05, 3.63) is 33.3 Å². The molecule has 0 fully saturated rings. The Labute approximate surface area is 118 Å². The third-order valence-electron chi connectivity index (χ3n) is 3.70. The Hall–Kier alpha value is -0.0500. The summed E-state index contributed by atoms with van der Waals surface area (Å²) in [7, 11) is 0. The van der Waals surface area contributed by atoms with E-state index in [1.807, 2.05) is 12.1 Å². The van der Waals surface area contributed by atoms with Crippen LogP contribution in [0.3, 0.4) is 0 Å². The molecule has 0 unspecified atom stereocenters. The zero-order chi connectivity index (χ0) is 12.9. The molecule has 0 aliphatic heterocycles. The van der Waals surface area contributed by atoms with Crippen LogP contribution in [-0.4, -0.2) is 5.54 Å². The first-order valence-electron chi connectivity index (χ1n) is 6.26. The van der Waals surface area contributed by atoms with Crippen molar-refractivity contribution in [1.82, 2.24) is 5.32 Å².